The van der Waals surface area contributed by atoms with Crippen molar-refractivity contribution in [2.24, 2.45) is 11.3 Å². The molecule has 0 radical (unpaired) electrons. The molecule has 4 aliphatic rings. The van der Waals surface area contributed by atoms with Gasteiger partial charge in [-0.15, -0.1) is 11.3 Å². The Hall–Kier alpha value is -6.02. The Morgan fingerprint density at radius 1 is 0.985 bits per heavy atom. The van der Waals surface area contributed by atoms with Gasteiger partial charge in [0, 0.05) is 35.4 Å². The number of rotatable bonds is 10. The van der Waals surface area contributed by atoms with Gasteiger partial charge >= 0.3 is 12.0 Å². The van der Waals surface area contributed by atoms with Gasteiger partial charge < -0.3 is 40.7 Å². The summed E-state index contributed by atoms with van der Waals surface area (Å²) in [7, 11) is -2.64. The third-order valence-corrected chi connectivity index (χ3v) is 15.9. The number of amides is 5. The lowest BCUT2D eigenvalue weighted by atomic mass is 9.86. The third kappa shape index (κ3) is 9.93. The van der Waals surface area contributed by atoms with Crippen molar-refractivity contribution in [1.29, 1.82) is 0 Å². The molecule has 364 valence electrons. The monoisotopic (exact) mass is 972 g/mol. The number of fused-ring (bicyclic) bond motifs is 4. The number of hydrogen-bond acceptors (Lipinski definition) is 13. The van der Waals surface area contributed by atoms with Crippen LogP contribution in [-0.4, -0.2) is 112 Å². The smallest absolute Gasteiger partial charge is 0.329 e. The number of urea groups is 1. The van der Waals surface area contributed by atoms with E-state index in [0.717, 1.165) is 35.1 Å². The third-order valence-electron chi connectivity index (χ3n) is 13.3. The number of carbonyl (C=O) groups excluding carboxylic acids is 4. The predicted molar refractivity (Wildman–Crippen MR) is 255 cm³/mol. The van der Waals surface area contributed by atoms with Crippen LogP contribution in [0.1, 0.15) is 98.0 Å². The van der Waals surface area contributed by atoms with Crippen LogP contribution in [0.25, 0.3) is 22.3 Å². The molecule has 5 amide bonds. The highest BCUT2D eigenvalue weighted by Crippen LogP contribution is 2.48. The van der Waals surface area contributed by atoms with Gasteiger partial charge in [0.1, 0.15) is 47.0 Å². The zero-order chi connectivity index (χ0) is 48.7. The van der Waals surface area contributed by atoms with E-state index in [9.17, 15) is 32.7 Å². The van der Waals surface area contributed by atoms with Gasteiger partial charge in [0.25, 0.3) is 15.9 Å². The van der Waals surface area contributed by atoms with E-state index in [0.29, 0.717) is 52.2 Å². The molecule has 8 rings (SSSR count). The maximum absolute atomic E-state index is 15.0. The van der Waals surface area contributed by atoms with Crippen LogP contribution < -0.4 is 30.7 Å². The average molecular weight is 973 g/mol. The molecule has 2 aromatic heterocycles. The Morgan fingerprint density at radius 3 is 2.43 bits per heavy atom. The second-order valence-corrected chi connectivity index (χ2v) is 22.3. The number of carbonyl (C=O) groups is 5. The topological polar surface area (TPSA) is 239 Å². The molecule has 5 N–H and O–H groups in total. The van der Waals surface area contributed by atoms with E-state index in [4.69, 9.17) is 19.4 Å². The van der Waals surface area contributed by atoms with Gasteiger partial charge in [-0.3, -0.25) is 14.4 Å². The van der Waals surface area contributed by atoms with Crippen molar-refractivity contribution in [3.63, 3.8) is 0 Å². The normalized spacial score (nSPS) is 24.4. The number of benzene rings is 2. The Bertz CT molecular complexity index is 2720. The summed E-state index contributed by atoms with van der Waals surface area (Å²) in [6.07, 6.45) is 3.99. The zero-order valence-corrected chi connectivity index (χ0v) is 40.8. The number of aromatic nitrogens is 2. The number of ether oxygens (including phenoxy) is 2. The van der Waals surface area contributed by atoms with Crippen molar-refractivity contribution in [2.45, 2.75) is 140 Å². The molecule has 2 saturated heterocycles. The lowest BCUT2D eigenvalue weighted by molar-refractivity contribution is -0.145. The Kier molecular flexibility index (Phi) is 13.7. The first-order valence-electron chi connectivity index (χ1n) is 23.2. The number of methoxy groups -OCH3 is 1. The maximum Gasteiger partial charge on any atom is 0.329 e. The predicted octanol–water partition coefficient (Wildman–Crippen LogP) is 6.05. The van der Waals surface area contributed by atoms with Crippen LogP contribution in [-0.2, 0) is 35.7 Å². The largest absolute Gasteiger partial charge is 0.497 e. The molecule has 20 heteroatoms. The molecular formula is C48H60N8O10S2. The molecule has 3 aliphatic heterocycles. The van der Waals surface area contributed by atoms with Crippen LogP contribution in [0, 0.1) is 11.3 Å². The molecule has 4 aromatic rings. The lowest BCUT2D eigenvalue weighted by Gasteiger charge is -2.34. The number of nitrogens with one attached hydrogen (secondary N) is 4. The molecule has 68 heavy (non-hydrogen) atoms. The van der Waals surface area contributed by atoms with Crippen LogP contribution in [0.4, 0.5) is 9.93 Å². The fraction of sp³-hybridized carbons (Fsp3) is 0.521. The molecule has 0 bridgehead atoms. The second kappa shape index (κ2) is 19.2. The minimum absolute atomic E-state index is 0.00137. The Labute approximate surface area is 400 Å². The highest BCUT2D eigenvalue weighted by atomic mass is 32.2. The maximum atomic E-state index is 15.0. The first kappa shape index (κ1) is 48.4. The van der Waals surface area contributed by atoms with Crippen LogP contribution in [0.5, 0.6) is 11.5 Å². The number of thiazole rings is 1. The molecule has 1 aliphatic carbocycles. The SMILES string of the molecule is COc1ccc2c(O[C@@H]3C[C@H]4C(=O)N[C@]5(C(=O)O)CC5CCCCCCC[C@H](NC(=O)NC(C(=O)N5Cc6ccccc6S5(=O)=O)C(C)(C)C)C(=O)N4C3)cc(-c3csc(NC(C)C)n3)nc2c1. The molecule has 5 heterocycles. The van der Waals surface area contributed by atoms with Crippen LogP contribution in [0.3, 0.4) is 0 Å². The summed E-state index contributed by atoms with van der Waals surface area (Å²) in [6, 6.07) is 9.07. The molecule has 2 unspecified atom stereocenters. The Morgan fingerprint density at radius 2 is 1.72 bits per heavy atom. The standard InChI is InChI=1S/C48H60N8O10S2/c1-27(2)49-46-52-36(26-67-46)35-22-38(32-19-18-30(65-6)20-34(32)50-35)66-31-21-37-41(57)54-48(44(60)61)23-29(48)15-10-8-7-9-11-16-33(42(58)55(37)25-31)51-45(62)53-40(47(3,4)5)43(59)56-24-28-14-12-13-17-39(28)68(56,63)64/h12-14,17-20,22,26-27,29,31,33,37,40H,7-11,15-16,21,23-25H2,1-6H3,(H,49,52)(H,54,57)(H,60,61)(H2,51,53,62)/t29?,31-,33+,37+,40?,48-/m1/s1. The summed E-state index contributed by atoms with van der Waals surface area (Å²) in [5.41, 5.74) is -0.289. The van der Waals surface area contributed by atoms with Crippen molar-refractivity contribution < 1.29 is 47.0 Å². The molecule has 2 aromatic carbocycles. The number of aliphatic carboxylic acids is 1. The molecule has 18 nitrogen and oxygen atoms in total. The summed E-state index contributed by atoms with van der Waals surface area (Å²) in [5.74, 6) is -2.46. The van der Waals surface area contributed by atoms with E-state index in [-0.39, 0.29) is 49.2 Å². The number of carboxylic acids is 1. The lowest BCUT2D eigenvalue weighted by Crippen LogP contribution is -2.60. The number of sulfonamides is 1. The van der Waals surface area contributed by atoms with E-state index in [1.54, 1.807) is 64.3 Å². The van der Waals surface area contributed by atoms with Crippen molar-refractivity contribution in [2.75, 3.05) is 19.0 Å². The summed E-state index contributed by atoms with van der Waals surface area (Å²) in [4.78, 5) is 81.6. The average Bonchev–Trinajstić information content (AvgIpc) is 3.53. The van der Waals surface area contributed by atoms with E-state index in [1.807, 2.05) is 25.3 Å². The highest BCUT2D eigenvalue weighted by molar-refractivity contribution is 7.90. The van der Waals surface area contributed by atoms with Crippen molar-refractivity contribution in [3.8, 4) is 22.9 Å². The number of carboxylic acid groups (broad SMARTS) is 1. The van der Waals surface area contributed by atoms with Crippen LogP contribution in [0.15, 0.2) is 58.8 Å². The van der Waals surface area contributed by atoms with Gasteiger partial charge in [0.05, 0.1) is 36.3 Å². The van der Waals surface area contributed by atoms with E-state index in [1.165, 1.54) is 22.3 Å². The summed E-state index contributed by atoms with van der Waals surface area (Å²) < 4.78 is 40.2. The van der Waals surface area contributed by atoms with Crippen LogP contribution >= 0.6 is 11.3 Å². The Balaban J connectivity index is 1.09. The first-order chi connectivity index (χ1) is 32.3. The number of pyridine rings is 1. The minimum Gasteiger partial charge on any atom is -0.497 e. The molecule has 0 spiro atoms. The molecule has 6 atom stereocenters. The van der Waals surface area contributed by atoms with Crippen molar-refractivity contribution >= 4 is 67.1 Å². The number of nitrogens with zero attached hydrogens (tertiary/aromatic N) is 4. The molecular weight excluding hydrogens is 913 g/mol. The van der Waals surface area contributed by atoms with Gasteiger partial charge in [-0.25, -0.2) is 32.3 Å². The molecule has 1 saturated carbocycles. The van der Waals surface area contributed by atoms with Gasteiger partial charge in [-0.2, -0.15) is 0 Å². The zero-order valence-electron chi connectivity index (χ0n) is 39.2. The fourth-order valence-corrected chi connectivity index (χ4v) is 12.0. The number of hydrogen-bond donors (Lipinski definition) is 5. The number of anilines is 1. The summed E-state index contributed by atoms with van der Waals surface area (Å²) in [6.45, 7) is 8.85. The quantitative estimate of drug-likeness (QED) is 0.122. The van der Waals surface area contributed by atoms with E-state index < -0.39 is 74.9 Å². The molecule has 3 fully saturated rings. The van der Waals surface area contributed by atoms with Gasteiger partial charge in [-0.05, 0) is 68.2 Å². The van der Waals surface area contributed by atoms with Crippen molar-refractivity contribution in [1.82, 2.24) is 35.1 Å². The highest BCUT2D eigenvalue weighted by Gasteiger charge is 2.62. The minimum atomic E-state index is -4.19. The first-order valence-corrected chi connectivity index (χ1v) is 25.6. The summed E-state index contributed by atoms with van der Waals surface area (Å²) >= 11 is 1.44. The van der Waals surface area contributed by atoms with Crippen LogP contribution in [0.2, 0.25) is 0 Å². The van der Waals surface area contributed by atoms with Crippen molar-refractivity contribution in [3.05, 3.63) is 59.5 Å². The second-order valence-electron chi connectivity index (χ2n) is 19.6. The van der Waals surface area contributed by atoms with E-state index in [2.05, 4.69) is 21.3 Å². The van der Waals surface area contributed by atoms with Gasteiger partial charge in [0.2, 0.25) is 11.8 Å². The fourth-order valence-electron chi connectivity index (χ4n) is 9.53. The van der Waals surface area contributed by atoms with E-state index >= 15 is 4.79 Å². The van der Waals surface area contributed by atoms with Gasteiger partial charge in [0.15, 0.2) is 5.13 Å². The van der Waals surface area contributed by atoms with Gasteiger partial charge in [-0.1, -0.05) is 71.1 Å². The summed E-state index contributed by atoms with van der Waals surface area (Å²) in [5, 5.41) is 25.3.